The molecule has 1 aliphatic carbocycles. The van der Waals surface area contributed by atoms with Crippen LogP contribution in [0.15, 0.2) is 48.5 Å². The normalized spacial score (nSPS) is 14.9. The lowest BCUT2D eigenvalue weighted by Gasteiger charge is -2.16. The van der Waals surface area contributed by atoms with Crippen LogP contribution >= 0.6 is 23.2 Å². The lowest BCUT2D eigenvalue weighted by Crippen LogP contribution is -2.35. The predicted octanol–water partition coefficient (Wildman–Crippen LogP) is 4.35. The Labute approximate surface area is 143 Å². The minimum atomic E-state index is -1.04. The molecule has 0 bridgehead atoms. The molecule has 3 rings (SSSR count). The number of halogens is 2. The highest BCUT2D eigenvalue weighted by Crippen LogP contribution is 2.47. The molecule has 0 saturated heterocycles. The Morgan fingerprint density at radius 1 is 0.913 bits per heavy atom. The second kappa shape index (κ2) is 6.22. The van der Waals surface area contributed by atoms with Crippen LogP contribution in [0.4, 0.5) is 11.4 Å². The van der Waals surface area contributed by atoms with Gasteiger partial charge in [-0.3, -0.25) is 9.59 Å². The molecule has 2 aromatic rings. The van der Waals surface area contributed by atoms with Crippen LogP contribution in [-0.2, 0) is 9.59 Å². The Morgan fingerprint density at radius 3 is 2.22 bits per heavy atom. The summed E-state index contributed by atoms with van der Waals surface area (Å²) in [7, 11) is 0. The van der Waals surface area contributed by atoms with Crippen molar-refractivity contribution in [3.63, 3.8) is 0 Å². The first kappa shape index (κ1) is 15.8. The summed E-state index contributed by atoms with van der Waals surface area (Å²) in [6.45, 7) is 0. The third kappa shape index (κ3) is 3.33. The molecular formula is C17H14Cl2N2O2. The van der Waals surface area contributed by atoms with E-state index in [1.165, 1.54) is 0 Å². The van der Waals surface area contributed by atoms with E-state index in [2.05, 4.69) is 10.6 Å². The average Bonchev–Trinajstić information content (AvgIpc) is 3.34. The number of hydrogen-bond acceptors (Lipinski definition) is 2. The third-order valence-corrected chi connectivity index (χ3v) is 4.39. The fourth-order valence-corrected chi connectivity index (χ4v) is 2.63. The summed E-state index contributed by atoms with van der Waals surface area (Å²) in [5.41, 5.74) is 0.0295. The quantitative estimate of drug-likeness (QED) is 0.807. The van der Waals surface area contributed by atoms with Gasteiger partial charge >= 0.3 is 0 Å². The van der Waals surface area contributed by atoms with Crippen molar-refractivity contribution in [3.05, 3.63) is 58.6 Å². The van der Waals surface area contributed by atoms with Gasteiger partial charge in [-0.05, 0) is 43.2 Å². The Bertz CT molecular complexity index is 758. The fraction of sp³-hybridized carbons (Fsp3) is 0.176. The van der Waals surface area contributed by atoms with Crippen LogP contribution in [0, 0.1) is 5.41 Å². The average molecular weight is 349 g/mol. The molecule has 1 fully saturated rings. The lowest BCUT2D eigenvalue weighted by atomic mass is 10.0. The van der Waals surface area contributed by atoms with Gasteiger partial charge in [-0.1, -0.05) is 41.4 Å². The Hall–Kier alpha value is -2.04. The van der Waals surface area contributed by atoms with Crippen LogP contribution in [0.25, 0.3) is 0 Å². The van der Waals surface area contributed by atoms with Gasteiger partial charge in [0.2, 0.25) is 11.8 Å². The number of amides is 2. The highest BCUT2D eigenvalue weighted by Gasteiger charge is 2.56. The first-order valence-corrected chi connectivity index (χ1v) is 7.90. The first-order chi connectivity index (χ1) is 11.0. The maximum atomic E-state index is 12.5. The minimum absolute atomic E-state index is 0.306. The van der Waals surface area contributed by atoms with Crippen molar-refractivity contribution in [3.8, 4) is 0 Å². The number of para-hydroxylation sites is 1. The second-order valence-corrected chi connectivity index (χ2v) is 6.32. The lowest BCUT2D eigenvalue weighted by molar-refractivity contribution is -0.131. The Kier molecular flexibility index (Phi) is 4.28. The van der Waals surface area contributed by atoms with Gasteiger partial charge in [0.25, 0.3) is 0 Å². The number of carbonyl (C=O) groups excluding carboxylic acids is 2. The van der Waals surface area contributed by atoms with E-state index in [1.807, 2.05) is 18.2 Å². The summed E-state index contributed by atoms with van der Waals surface area (Å²) in [4.78, 5) is 25.0. The highest BCUT2D eigenvalue weighted by atomic mass is 35.5. The summed E-state index contributed by atoms with van der Waals surface area (Å²) < 4.78 is 0. The second-order valence-electron chi connectivity index (χ2n) is 5.48. The molecule has 6 heteroatoms. The van der Waals surface area contributed by atoms with Gasteiger partial charge in [-0.2, -0.15) is 0 Å². The molecule has 118 valence electrons. The van der Waals surface area contributed by atoms with Crippen molar-refractivity contribution in [1.82, 2.24) is 0 Å². The zero-order chi connectivity index (χ0) is 16.4. The van der Waals surface area contributed by atoms with E-state index in [9.17, 15) is 9.59 Å². The van der Waals surface area contributed by atoms with Crippen LogP contribution in [0.5, 0.6) is 0 Å². The number of carbonyl (C=O) groups is 2. The summed E-state index contributed by atoms with van der Waals surface area (Å²) in [6, 6.07) is 13.8. The van der Waals surface area contributed by atoms with E-state index in [1.54, 1.807) is 30.3 Å². The third-order valence-electron chi connectivity index (χ3n) is 3.83. The molecule has 0 heterocycles. The van der Waals surface area contributed by atoms with Gasteiger partial charge < -0.3 is 10.6 Å². The largest absolute Gasteiger partial charge is 0.325 e. The van der Waals surface area contributed by atoms with Gasteiger partial charge in [0.15, 0.2) is 0 Å². The maximum absolute atomic E-state index is 12.5. The standard InChI is InChI=1S/C17H14Cl2N2O2/c18-11-6-7-13(19)14(10-11)21-16(23)17(8-9-17)15(22)20-12-4-2-1-3-5-12/h1-7,10H,8-9H2,(H,20,22)(H,21,23). The summed E-state index contributed by atoms with van der Waals surface area (Å²) in [6.07, 6.45) is 1.02. The van der Waals surface area contributed by atoms with E-state index >= 15 is 0 Å². The van der Waals surface area contributed by atoms with E-state index < -0.39 is 5.41 Å². The molecule has 0 unspecified atom stereocenters. The Morgan fingerprint density at radius 2 is 1.57 bits per heavy atom. The molecular weight excluding hydrogens is 335 g/mol. The topological polar surface area (TPSA) is 58.2 Å². The molecule has 1 aliphatic rings. The van der Waals surface area contributed by atoms with Crippen molar-refractivity contribution < 1.29 is 9.59 Å². The molecule has 23 heavy (non-hydrogen) atoms. The van der Waals surface area contributed by atoms with Gasteiger partial charge in [0, 0.05) is 10.7 Å². The van der Waals surface area contributed by atoms with E-state index in [-0.39, 0.29) is 11.8 Å². The minimum Gasteiger partial charge on any atom is -0.325 e. The van der Waals surface area contributed by atoms with E-state index in [4.69, 9.17) is 23.2 Å². The summed E-state index contributed by atoms with van der Waals surface area (Å²) in [5, 5.41) is 6.32. The molecule has 0 aliphatic heterocycles. The van der Waals surface area contributed by atoms with Gasteiger partial charge in [-0.15, -0.1) is 0 Å². The smallest absolute Gasteiger partial charge is 0.240 e. The van der Waals surface area contributed by atoms with Crippen molar-refractivity contribution >= 4 is 46.4 Å². The van der Waals surface area contributed by atoms with Crippen molar-refractivity contribution in [2.45, 2.75) is 12.8 Å². The predicted molar refractivity (Wildman–Crippen MR) is 91.8 cm³/mol. The molecule has 0 radical (unpaired) electrons. The van der Waals surface area contributed by atoms with Crippen LogP contribution in [0.3, 0.4) is 0 Å². The van der Waals surface area contributed by atoms with Crippen molar-refractivity contribution in [1.29, 1.82) is 0 Å². The monoisotopic (exact) mass is 348 g/mol. The Balaban J connectivity index is 1.73. The molecule has 1 saturated carbocycles. The molecule has 0 spiro atoms. The van der Waals surface area contributed by atoms with Gasteiger partial charge in [0.1, 0.15) is 5.41 Å². The number of benzene rings is 2. The number of hydrogen-bond donors (Lipinski definition) is 2. The van der Waals surface area contributed by atoms with Crippen LogP contribution in [0.1, 0.15) is 12.8 Å². The van der Waals surface area contributed by atoms with Crippen molar-refractivity contribution in [2.24, 2.45) is 5.41 Å². The molecule has 2 aromatic carbocycles. The van der Waals surface area contributed by atoms with Gasteiger partial charge in [0.05, 0.1) is 10.7 Å². The number of anilines is 2. The summed E-state index contributed by atoms with van der Waals surface area (Å²) in [5.74, 6) is -0.672. The molecule has 0 atom stereocenters. The summed E-state index contributed by atoms with van der Waals surface area (Å²) >= 11 is 12.0. The van der Waals surface area contributed by atoms with Crippen LogP contribution in [-0.4, -0.2) is 11.8 Å². The fourth-order valence-electron chi connectivity index (χ4n) is 2.29. The molecule has 0 aromatic heterocycles. The van der Waals surface area contributed by atoms with Gasteiger partial charge in [-0.25, -0.2) is 0 Å². The van der Waals surface area contributed by atoms with Crippen LogP contribution in [0.2, 0.25) is 10.0 Å². The number of rotatable bonds is 4. The SMILES string of the molecule is O=C(Nc1ccccc1)C1(C(=O)Nc2cc(Cl)ccc2Cl)CC1. The maximum Gasteiger partial charge on any atom is 0.240 e. The number of nitrogens with one attached hydrogen (secondary N) is 2. The molecule has 2 amide bonds. The zero-order valence-corrected chi connectivity index (χ0v) is 13.6. The molecule has 4 nitrogen and oxygen atoms in total. The zero-order valence-electron chi connectivity index (χ0n) is 12.1. The van der Waals surface area contributed by atoms with Crippen LogP contribution < -0.4 is 10.6 Å². The first-order valence-electron chi connectivity index (χ1n) is 7.14. The van der Waals surface area contributed by atoms with Crippen molar-refractivity contribution in [2.75, 3.05) is 10.6 Å². The van der Waals surface area contributed by atoms with E-state index in [0.717, 1.165) is 0 Å². The highest BCUT2D eigenvalue weighted by molar-refractivity contribution is 6.36. The van der Waals surface area contributed by atoms with E-state index in [0.29, 0.717) is 34.3 Å². The molecule has 2 N–H and O–H groups in total.